The van der Waals surface area contributed by atoms with Crippen LogP contribution in [0.25, 0.3) is 27.5 Å². The summed E-state index contributed by atoms with van der Waals surface area (Å²) >= 11 is 1.57. The molecule has 4 N–H and O–H groups in total. The number of nitrogens with one attached hydrogen (secondary N) is 4. The molecule has 4 aromatic heterocycles. The lowest BCUT2D eigenvalue weighted by Crippen LogP contribution is -2.54. The summed E-state index contributed by atoms with van der Waals surface area (Å²) in [7, 11) is 1.86. The number of anilines is 2. The highest BCUT2D eigenvalue weighted by atomic mass is 32.1. The van der Waals surface area contributed by atoms with Crippen LogP contribution >= 0.6 is 11.3 Å². The first-order chi connectivity index (χ1) is 29.2. The van der Waals surface area contributed by atoms with E-state index in [1.807, 2.05) is 25.2 Å². The number of carbonyl (C=O) groups is 5. The van der Waals surface area contributed by atoms with Gasteiger partial charge in [-0.15, -0.1) is 10.2 Å². The fraction of sp³-hybridized carbons (Fsp3) is 0.381. The number of imide groups is 2. The molecule has 1 atom stereocenters. The van der Waals surface area contributed by atoms with Gasteiger partial charge in [0.15, 0.2) is 5.01 Å². The van der Waals surface area contributed by atoms with E-state index in [9.17, 15) is 29.2 Å². The Bertz CT molecular complexity index is 2590. The van der Waals surface area contributed by atoms with Gasteiger partial charge in [0.2, 0.25) is 17.7 Å². The zero-order valence-electron chi connectivity index (χ0n) is 32.6. The molecule has 60 heavy (non-hydrogen) atoms. The first kappa shape index (κ1) is 38.9. The van der Waals surface area contributed by atoms with Gasteiger partial charge in [-0.25, -0.2) is 4.52 Å². The Kier molecular flexibility index (Phi) is 10.5. The Morgan fingerprint density at radius 3 is 2.60 bits per heavy atom. The number of rotatable bonds is 12. The van der Waals surface area contributed by atoms with E-state index in [1.165, 1.54) is 6.20 Å². The van der Waals surface area contributed by atoms with Crippen LogP contribution < -0.4 is 21.3 Å². The van der Waals surface area contributed by atoms with E-state index >= 15 is 0 Å². The summed E-state index contributed by atoms with van der Waals surface area (Å²) in [5, 5.41) is 36.5. The van der Waals surface area contributed by atoms with Gasteiger partial charge in [-0.2, -0.15) is 10.4 Å². The second-order valence-electron chi connectivity index (χ2n) is 15.5. The minimum Gasteiger partial charge on any atom is -0.387 e. The molecule has 0 bridgehead atoms. The van der Waals surface area contributed by atoms with E-state index < -0.39 is 29.7 Å². The Balaban J connectivity index is 0.715. The fourth-order valence-electron chi connectivity index (χ4n) is 8.53. The third kappa shape index (κ3) is 7.34. The molecule has 0 radical (unpaired) electrons. The van der Waals surface area contributed by atoms with Gasteiger partial charge in [0.1, 0.15) is 17.1 Å². The summed E-state index contributed by atoms with van der Waals surface area (Å²) in [6.07, 6.45) is 8.24. The average Bonchev–Trinajstić information content (AvgIpc) is 3.97. The van der Waals surface area contributed by atoms with E-state index in [1.54, 1.807) is 46.3 Å². The second kappa shape index (κ2) is 16.2. The smallest absolute Gasteiger partial charge is 0.264 e. The first-order valence-corrected chi connectivity index (χ1v) is 20.9. The van der Waals surface area contributed by atoms with Crippen molar-refractivity contribution in [2.45, 2.75) is 75.5 Å². The lowest BCUT2D eigenvalue weighted by molar-refractivity contribution is -0.136. The number of aromatic nitrogens is 5. The molecular weight excluding hydrogens is 787 g/mol. The van der Waals surface area contributed by atoms with Crippen LogP contribution in [0.5, 0.6) is 0 Å². The van der Waals surface area contributed by atoms with Crippen LogP contribution in [0.2, 0.25) is 0 Å². The summed E-state index contributed by atoms with van der Waals surface area (Å²) in [5.74, 6) is -1.97. The Labute approximate surface area is 347 Å². The molecule has 2 aliphatic carbocycles. The first-order valence-electron chi connectivity index (χ1n) is 20.1. The van der Waals surface area contributed by atoms with Gasteiger partial charge >= 0.3 is 0 Å². The number of pyridine rings is 1. The summed E-state index contributed by atoms with van der Waals surface area (Å²) in [6.45, 7) is 0.713. The highest BCUT2D eigenvalue weighted by Crippen LogP contribution is 2.40. The minimum atomic E-state index is -1.03. The van der Waals surface area contributed by atoms with Gasteiger partial charge in [-0.1, -0.05) is 17.4 Å². The molecule has 6 heterocycles. The van der Waals surface area contributed by atoms with Gasteiger partial charge in [0.05, 0.1) is 58.1 Å². The highest BCUT2D eigenvalue weighted by molar-refractivity contribution is 7.14. The van der Waals surface area contributed by atoms with E-state index in [-0.39, 0.29) is 53.9 Å². The van der Waals surface area contributed by atoms with Gasteiger partial charge in [-0.05, 0) is 81.3 Å². The van der Waals surface area contributed by atoms with E-state index in [0.29, 0.717) is 37.2 Å². The largest absolute Gasteiger partial charge is 0.387 e. The summed E-state index contributed by atoms with van der Waals surface area (Å²) in [6, 6.07) is 13.7. The average molecular weight is 828 g/mol. The maximum Gasteiger partial charge on any atom is 0.264 e. The molecule has 1 aromatic carbocycles. The Morgan fingerprint density at radius 1 is 0.983 bits per heavy atom. The summed E-state index contributed by atoms with van der Waals surface area (Å²) in [5.41, 5.74) is 5.47. The minimum absolute atomic E-state index is 0.0444. The number of hydrogen-bond donors (Lipinski definition) is 4. The predicted molar refractivity (Wildman–Crippen MR) is 219 cm³/mol. The molecule has 4 aliphatic rings. The molecule has 5 amide bonds. The van der Waals surface area contributed by atoms with Crippen LogP contribution in [-0.2, 0) is 19.1 Å². The van der Waals surface area contributed by atoms with Gasteiger partial charge in [-0.3, -0.25) is 39.2 Å². The molecule has 2 saturated carbocycles. The normalized spacial score (nSPS) is 22.5. The number of amides is 5. The van der Waals surface area contributed by atoms with E-state index in [0.717, 1.165) is 68.8 Å². The highest BCUT2D eigenvalue weighted by Gasteiger charge is 2.45. The van der Waals surface area contributed by atoms with Gasteiger partial charge < -0.3 is 20.7 Å². The van der Waals surface area contributed by atoms with Crippen molar-refractivity contribution in [2.24, 2.45) is 5.92 Å². The molecule has 0 unspecified atom stereocenters. The second-order valence-corrected chi connectivity index (χ2v) is 16.6. The number of piperidine rings is 1. The van der Waals surface area contributed by atoms with Crippen LogP contribution in [0.4, 0.5) is 11.4 Å². The van der Waals surface area contributed by atoms with Crippen molar-refractivity contribution in [2.75, 3.05) is 30.8 Å². The van der Waals surface area contributed by atoms with Crippen molar-refractivity contribution in [3.8, 4) is 28.0 Å². The van der Waals surface area contributed by atoms with Crippen molar-refractivity contribution in [1.29, 1.82) is 5.26 Å². The molecular formula is C42H41N11O6S. The topological polar surface area (TPSA) is 226 Å². The zero-order chi connectivity index (χ0) is 41.5. The van der Waals surface area contributed by atoms with Crippen LogP contribution in [0, 0.1) is 17.2 Å². The molecule has 2 aliphatic heterocycles. The lowest BCUT2D eigenvalue weighted by atomic mass is 9.80. The standard InChI is InChI=1S/C42H41N11O6S/c1-44-31-18-32(33-10-9-26-15-22(19-43)20-47-53(26)33)46-21-29(31)40-51-50-39(60-40)23-5-7-25(8-6-23)48-37(55)24-16-27(17-24)59-14-13-45-30-4-2-3-28-36(30)42(58)52(41(28)57)34-11-12-35(54)49-38(34)56/h2-4,9-10,15,18,20-21,23-25,27,34,45H,5-8,11-14,16-17H2,1H3,(H,44,46)(H,48,55)(H,49,54,56)/t23?,24?,25?,27?,34-/m0/s1. The van der Waals surface area contributed by atoms with Gasteiger partial charge in [0.25, 0.3) is 11.8 Å². The number of carbonyl (C=O) groups excluding carboxylic acids is 5. The number of ether oxygens (including phenoxy) is 1. The number of hydrogen-bond acceptors (Lipinski definition) is 14. The third-order valence-electron chi connectivity index (χ3n) is 11.9. The molecule has 0 spiro atoms. The maximum atomic E-state index is 13.3. The van der Waals surface area contributed by atoms with Crippen molar-refractivity contribution < 1.29 is 28.7 Å². The molecule has 17 nitrogen and oxygen atoms in total. The summed E-state index contributed by atoms with van der Waals surface area (Å²) in [4.78, 5) is 69.3. The Hall–Kier alpha value is -6.58. The van der Waals surface area contributed by atoms with Crippen molar-refractivity contribution in [3.05, 3.63) is 76.6 Å². The fourth-order valence-corrected chi connectivity index (χ4v) is 9.56. The Morgan fingerprint density at radius 2 is 1.82 bits per heavy atom. The maximum absolute atomic E-state index is 13.3. The molecule has 1 saturated heterocycles. The van der Waals surface area contributed by atoms with E-state index in [2.05, 4.69) is 42.6 Å². The van der Waals surface area contributed by atoms with Gasteiger partial charge in [0, 0.05) is 55.5 Å². The number of nitrogens with zero attached hydrogens (tertiary/aromatic N) is 7. The number of benzene rings is 1. The van der Waals surface area contributed by atoms with Crippen LogP contribution in [-0.4, -0.2) is 97.6 Å². The quantitative estimate of drug-likeness (QED) is 0.102. The lowest BCUT2D eigenvalue weighted by Gasteiger charge is -2.36. The van der Waals surface area contributed by atoms with Crippen LogP contribution in [0.3, 0.4) is 0 Å². The summed E-state index contributed by atoms with van der Waals surface area (Å²) < 4.78 is 7.78. The monoisotopic (exact) mass is 827 g/mol. The number of nitriles is 1. The van der Waals surface area contributed by atoms with Crippen LogP contribution in [0.1, 0.15) is 88.6 Å². The zero-order valence-corrected chi connectivity index (χ0v) is 33.5. The van der Waals surface area contributed by atoms with Crippen molar-refractivity contribution in [3.63, 3.8) is 0 Å². The molecule has 5 aromatic rings. The van der Waals surface area contributed by atoms with Crippen molar-refractivity contribution >= 4 is 57.8 Å². The SMILES string of the molecule is CNc1cc(-c2ccc3cc(C#N)cnn23)ncc1-c1nnc(C2CCC(NC(=O)C3CC(OCCNc4cccc5c4C(=O)N([C@H]4CCC(=O)NC4=O)C5=O)C3)CC2)s1. The van der Waals surface area contributed by atoms with E-state index in [4.69, 9.17) is 9.72 Å². The van der Waals surface area contributed by atoms with Crippen molar-refractivity contribution in [1.82, 2.24) is 40.3 Å². The number of fused-ring (bicyclic) bond motifs is 2. The molecule has 18 heteroatoms. The molecule has 9 rings (SSSR count). The third-order valence-corrected chi connectivity index (χ3v) is 13.0. The molecule has 3 fully saturated rings. The predicted octanol–water partition coefficient (Wildman–Crippen LogP) is 4.28. The molecule has 306 valence electrons. The van der Waals surface area contributed by atoms with Crippen LogP contribution in [0.15, 0.2) is 54.9 Å².